The van der Waals surface area contributed by atoms with Crippen LogP contribution in [0.3, 0.4) is 0 Å². The fourth-order valence-corrected chi connectivity index (χ4v) is 6.48. The van der Waals surface area contributed by atoms with E-state index in [0.29, 0.717) is 5.41 Å². The van der Waals surface area contributed by atoms with Crippen molar-refractivity contribution in [1.82, 2.24) is 0 Å². The average molecular weight is 331 g/mol. The van der Waals surface area contributed by atoms with Gasteiger partial charge in [-0.3, -0.25) is 0 Å². The second kappa shape index (κ2) is 6.82. The average Bonchev–Trinajstić information content (AvgIpc) is 2.92. The van der Waals surface area contributed by atoms with E-state index in [9.17, 15) is 0 Å². The Bertz CT molecular complexity index is 526. The summed E-state index contributed by atoms with van der Waals surface area (Å²) in [5, 5.41) is 0. The lowest BCUT2D eigenvalue weighted by Crippen LogP contribution is -2.45. The van der Waals surface area contributed by atoms with Crippen molar-refractivity contribution >= 4 is 12.6 Å². The summed E-state index contributed by atoms with van der Waals surface area (Å²) in [7, 11) is 0. The van der Waals surface area contributed by atoms with Gasteiger partial charge >= 0.3 is 0 Å². The Kier molecular flexibility index (Phi) is 5.16. The molecule has 0 radical (unpaired) electrons. The van der Waals surface area contributed by atoms with Gasteiger partial charge in [0.05, 0.1) is 0 Å². The summed E-state index contributed by atoms with van der Waals surface area (Å²) in [4.78, 5) is 0. The Hall–Kier alpha value is -0.430. The highest BCUT2D eigenvalue weighted by atomic mass is 32.1. The molecule has 0 saturated heterocycles. The number of hydrogen-bond donors (Lipinski definition) is 1. The molecule has 4 rings (SSSR count). The Balaban J connectivity index is 0.000000753. The standard InChI is InChI=1S/C21H30.CH4S/c1-4-16-7-10-20-19-9-6-15-13-14(2)5-8-17(15)18(19)11-12-21(16,20)3;1-2/h7,13,17-20H,2,4-6,8-12H2,1,3H3;2H,1H3. The van der Waals surface area contributed by atoms with E-state index in [1.807, 2.05) is 0 Å². The highest BCUT2D eigenvalue weighted by Crippen LogP contribution is 2.62. The van der Waals surface area contributed by atoms with Crippen LogP contribution in [0, 0.1) is 29.1 Å². The van der Waals surface area contributed by atoms with Gasteiger partial charge in [-0.1, -0.05) is 49.3 Å². The zero-order chi connectivity index (χ0) is 16.6. The molecule has 23 heavy (non-hydrogen) atoms. The molecule has 0 bridgehead atoms. The zero-order valence-corrected chi connectivity index (χ0v) is 16.2. The third-order valence-electron chi connectivity index (χ3n) is 7.54. The summed E-state index contributed by atoms with van der Waals surface area (Å²) in [6.45, 7) is 9.16. The topological polar surface area (TPSA) is 0 Å². The van der Waals surface area contributed by atoms with Gasteiger partial charge in [-0.05, 0) is 86.7 Å². The van der Waals surface area contributed by atoms with Gasteiger partial charge in [0.2, 0.25) is 0 Å². The highest BCUT2D eigenvalue weighted by Gasteiger charge is 2.52. The van der Waals surface area contributed by atoms with Crippen LogP contribution in [0.25, 0.3) is 0 Å². The van der Waals surface area contributed by atoms with Crippen molar-refractivity contribution in [3.63, 3.8) is 0 Å². The SMILES string of the molecule is C=C1C=C2CCC3C(CCC4(C)C(CC)=CCC34)C2CC1.CS. The van der Waals surface area contributed by atoms with E-state index >= 15 is 0 Å². The third-order valence-corrected chi connectivity index (χ3v) is 7.54. The summed E-state index contributed by atoms with van der Waals surface area (Å²) in [6, 6.07) is 0. The maximum absolute atomic E-state index is 4.21. The van der Waals surface area contributed by atoms with E-state index in [0.717, 1.165) is 23.7 Å². The Morgan fingerprint density at radius 1 is 1.17 bits per heavy atom. The number of hydrogen-bond acceptors (Lipinski definition) is 1. The van der Waals surface area contributed by atoms with Crippen molar-refractivity contribution in [1.29, 1.82) is 0 Å². The first-order valence-electron chi connectivity index (χ1n) is 9.66. The molecular weight excluding hydrogens is 296 g/mol. The van der Waals surface area contributed by atoms with Gasteiger partial charge in [0.25, 0.3) is 0 Å². The molecule has 4 aliphatic carbocycles. The smallest absolute Gasteiger partial charge is 0.00824 e. The first-order chi connectivity index (χ1) is 11.1. The second-order valence-electron chi connectivity index (χ2n) is 8.27. The van der Waals surface area contributed by atoms with E-state index in [4.69, 9.17) is 0 Å². The number of fused-ring (bicyclic) bond motifs is 5. The lowest BCUT2D eigenvalue weighted by molar-refractivity contribution is 0.00917. The predicted molar refractivity (Wildman–Crippen MR) is 105 cm³/mol. The lowest BCUT2D eigenvalue weighted by Gasteiger charge is -2.53. The van der Waals surface area contributed by atoms with E-state index in [2.05, 4.69) is 45.2 Å². The minimum atomic E-state index is 0.551. The molecule has 4 aliphatic rings. The zero-order valence-electron chi connectivity index (χ0n) is 15.3. The fraction of sp³-hybridized carbons (Fsp3) is 0.727. The van der Waals surface area contributed by atoms with Crippen molar-refractivity contribution in [2.24, 2.45) is 29.1 Å². The second-order valence-corrected chi connectivity index (χ2v) is 8.27. The third kappa shape index (κ3) is 2.77. The highest BCUT2D eigenvalue weighted by molar-refractivity contribution is 7.79. The minimum absolute atomic E-state index is 0.551. The van der Waals surface area contributed by atoms with Crippen LogP contribution in [-0.2, 0) is 0 Å². The number of rotatable bonds is 1. The van der Waals surface area contributed by atoms with Crippen LogP contribution in [0.5, 0.6) is 0 Å². The molecule has 128 valence electrons. The van der Waals surface area contributed by atoms with Crippen LogP contribution in [0.2, 0.25) is 0 Å². The first kappa shape index (κ1) is 17.4. The van der Waals surface area contributed by atoms with Crippen LogP contribution in [0.15, 0.2) is 35.5 Å². The van der Waals surface area contributed by atoms with Crippen LogP contribution in [0.4, 0.5) is 0 Å². The molecule has 0 amide bonds. The van der Waals surface area contributed by atoms with Crippen molar-refractivity contribution in [3.8, 4) is 0 Å². The molecule has 0 aromatic rings. The molecule has 0 nitrogen and oxygen atoms in total. The molecule has 2 fully saturated rings. The molecule has 5 unspecified atom stereocenters. The Morgan fingerprint density at radius 3 is 2.70 bits per heavy atom. The summed E-state index contributed by atoms with van der Waals surface area (Å²) in [6.07, 6.45) is 17.8. The van der Waals surface area contributed by atoms with E-state index in [1.54, 1.807) is 17.4 Å². The van der Waals surface area contributed by atoms with Gasteiger partial charge < -0.3 is 0 Å². The van der Waals surface area contributed by atoms with E-state index in [-0.39, 0.29) is 0 Å². The maximum atomic E-state index is 4.21. The molecular formula is C22H34S. The van der Waals surface area contributed by atoms with Crippen molar-refractivity contribution in [2.45, 2.75) is 65.2 Å². The molecule has 0 aromatic heterocycles. The van der Waals surface area contributed by atoms with Crippen molar-refractivity contribution < 1.29 is 0 Å². The summed E-state index contributed by atoms with van der Waals surface area (Å²) in [5.41, 5.74) is 5.48. The summed E-state index contributed by atoms with van der Waals surface area (Å²) in [5.74, 6) is 3.85. The maximum Gasteiger partial charge on any atom is -0.00824 e. The van der Waals surface area contributed by atoms with Crippen LogP contribution < -0.4 is 0 Å². The summed E-state index contributed by atoms with van der Waals surface area (Å²) < 4.78 is 0. The number of thiol groups is 1. The predicted octanol–water partition coefficient (Wildman–Crippen LogP) is 6.61. The van der Waals surface area contributed by atoms with E-state index in [1.165, 1.54) is 56.9 Å². The minimum Gasteiger partial charge on any atom is -0.183 e. The van der Waals surface area contributed by atoms with Crippen LogP contribution in [-0.4, -0.2) is 6.26 Å². The van der Waals surface area contributed by atoms with Gasteiger partial charge in [-0.2, -0.15) is 12.6 Å². The normalized spacial score (nSPS) is 41.7. The van der Waals surface area contributed by atoms with Gasteiger partial charge in [-0.25, -0.2) is 0 Å². The lowest BCUT2D eigenvalue weighted by atomic mass is 9.51. The van der Waals surface area contributed by atoms with Crippen molar-refractivity contribution in [3.05, 3.63) is 35.5 Å². The van der Waals surface area contributed by atoms with Gasteiger partial charge in [-0.15, -0.1) is 0 Å². The Morgan fingerprint density at radius 2 is 1.96 bits per heavy atom. The van der Waals surface area contributed by atoms with Gasteiger partial charge in [0.1, 0.15) is 0 Å². The monoisotopic (exact) mass is 330 g/mol. The molecule has 0 aliphatic heterocycles. The van der Waals surface area contributed by atoms with Crippen molar-refractivity contribution in [2.75, 3.05) is 6.26 Å². The quantitative estimate of drug-likeness (QED) is 0.406. The van der Waals surface area contributed by atoms with Gasteiger partial charge in [0.15, 0.2) is 0 Å². The largest absolute Gasteiger partial charge is 0.183 e. The van der Waals surface area contributed by atoms with E-state index < -0.39 is 0 Å². The van der Waals surface area contributed by atoms with Crippen LogP contribution in [0.1, 0.15) is 65.2 Å². The fourth-order valence-electron chi connectivity index (χ4n) is 6.48. The molecule has 2 saturated carbocycles. The summed E-state index contributed by atoms with van der Waals surface area (Å²) >= 11 is 3.53. The van der Waals surface area contributed by atoms with Gasteiger partial charge in [0, 0.05) is 0 Å². The molecule has 0 N–H and O–H groups in total. The number of allylic oxidation sites excluding steroid dienone is 5. The first-order valence-corrected chi connectivity index (χ1v) is 10.6. The molecule has 0 heterocycles. The van der Waals surface area contributed by atoms with Crippen LogP contribution >= 0.6 is 12.6 Å². The molecule has 0 aromatic carbocycles. The molecule has 1 heteroatoms. The molecule has 5 atom stereocenters. The molecule has 0 spiro atoms. The Labute approximate surface area is 148 Å².